The summed E-state index contributed by atoms with van der Waals surface area (Å²) in [6.45, 7) is 4.49. The maximum absolute atomic E-state index is 12.1. The number of anilines is 1. The molecule has 0 heterocycles. The molecule has 2 N–H and O–H groups in total. The second-order valence-electron chi connectivity index (χ2n) is 5.68. The number of aryl methyl sites for hydroxylation is 1. The Kier molecular flexibility index (Phi) is 5.05. The van der Waals surface area contributed by atoms with Crippen LogP contribution in [0, 0.1) is 0 Å². The number of benzene rings is 1. The SMILES string of the molecule is CC(C)NCCS(=O)(=O)Nc1cccc2c1CCCC2. The van der Waals surface area contributed by atoms with Gasteiger partial charge in [-0.25, -0.2) is 8.42 Å². The van der Waals surface area contributed by atoms with Crippen LogP contribution in [0.15, 0.2) is 18.2 Å². The van der Waals surface area contributed by atoms with Crippen molar-refractivity contribution in [2.75, 3.05) is 17.0 Å². The Morgan fingerprint density at radius 3 is 2.70 bits per heavy atom. The fraction of sp³-hybridized carbons (Fsp3) is 0.600. The van der Waals surface area contributed by atoms with E-state index in [0.717, 1.165) is 24.9 Å². The third-order valence-electron chi connectivity index (χ3n) is 3.58. The van der Waals surface area contributed by atoms with Crippen LogP contribution in [-0.2, 0) is 22.9 Å². The molecule has 0 unspecified atom stereocenters. The summed E-state index contributed by atoms with van der Waals surface area (Å²) in [4.78, 5) is 0. The molecule has 0 radical (unpaired) electrons. The zero-order chi connectivity index (χ0) is 14.6. The molecular weight excluding hydrogens is 272 g/mol. The summed E-state index contributed by atoms with van der Waals surface area (Å²) in [7, 11) is -3.28. The van der Waals surface area contributed by atoms with E-state index in [0.29, 0.717) is 12.6 Å². The van der Waals surface area contributed by atoms with Crippen molar-refractivity contribution in [1.29, 1.82) is 0 Å². The van der Waals surface area contributed by atoms with Crippen molar-refractivity contribution in [3.8, 4) is 0 Å². The lowest BCUT2D eigenvalue weighted by atomic mass is 9.91. The fourth-order valence-electron chi connectivity index (χ4n) is 2.58. The van der Waals surface area contributed by atoms with E-state index in [1.165, 1.54) is 17.5 Å². The Bertz CT molecular complexity index is 553. The number of nitrogens with one attached hydrogen (secondary N) is 2. The summed E-state index contributed by atoms with van der Waals surface area (Å²) in [6.07, 6.45) is 4.36. The normalized spacial score (nSPS) is 15.2. The van der Waals surface area contributed by atoms with Gasteiger partial charge in [0.1, 0.15) is 0 Å². The van der Waals surface area contributed by atoms with Gasteiger partial charge in [0.05, 0.1) is 11.4 Å². The molecule has 0 saturated carbocycles. The van der Waals surface area contributed by atoms with Gasteiger partial charge in [-0.05, 0) is 42.9 Å². The minimum absolute atomic E-state index is 0.106. The average Bonchev–Trinajstić information content (AvgIpc) is 2.38. The Balaban J connectivity index is 2.05. The first-order valence-electron chi connectivity index (χ1n) is 7.32. The predicted octanol–water partition coefficient (Wildman–Crippen LogP) is 2.31. The lowest BCUT2D eigenvalue weighted by Gasteiger charge is -2.20. The van der Waals surface area contributed by atoms with Crippen LogP contribution in [0.1, 0.15) is 37.8 Å². The van der Waals surface area contributed by atoms with Gasteiger partial charge < -0.3 is 5.32 Å². The largest absolute Gasteiger partial charge is 0.313 e. The third-order valence-corrected chi connectivity index (χ3v) is 4.86. The van der Waals surface area contributed by atoms with E-state index in [-0.39, 0.29) is 5.75 Å². The van der Waals surface area contributed by atoms with Gasteiger partial charge in [-0.1, -0.05) is 26.0 Å². The summed E-state index contributed by atoms with van der Waals surface area (Å²) < 4.78 is 27.0. The number of fused-ring (bicyclic) bond motifs is 1. The number of hydrogen-bond acceptors (Lipinski definition) is 3. The molecule has 1 aliphatic rings. The van der Waals surface area contributed by atoms with Crippen molar-refractivity contribution in [3.05, 3.63) is 29.3 Å². The molecular formula is C15H24N2O2S. The van der Waals surface area contributed by atoms with Crippen LogP contribution in [0.3, 0.4) is 0 Å². The Hall–Kier alpha value is -1.07. The quantitative estimate of drug-likeness (QED) is 0.847. The van der Waals surface area contributed by atoms with E-state index in [1.54, 1.807) is 0 Å². The highest BCUT2D eigenvalue weighted by molar-refractivity contribution is 7.92. The molecule has 0 atom stereocenters. The first-order valence-corrected chi connectivity index (χ1v) is 8.98. The molecule has 0 spiro atoms. The topological polar surface area (TPSA) is 58.2 Å². The van der Waals surface area contributed by atoms with Gasteiger partial charge in [0.15, 0.2) is 0 Å². The summed E-state index contributed by atoms with van der Waals surface area (Å²) in [5.41, 5.74) is 3.24. The zero-order valence-corrected chi connectivity index (χ0v) is 13.1. The highest BCUT2D eigenvalue weighted by Gasteiger charge is 2.17. The maximum atomic E-state index is 12.1. The number of sulfonamides is 1. The van der Waals surface area contributed by atoms with Crippen molar-refractivity contribution >= 4 is 15.7 Å². The van der Waals surface area contributed by atoms with Crippen molar-refractivity contribution in [3.63, 3.8) is 0 Å². The molecule has 112 valence electrons. The first kappa shape index (κ1) is 15.3. The van der Waals surface area contributed by atoms with Gasteiger partial charge in [-0.2, -0.15) is 0 Å². The fourth-order valence-corrected chi connectivity index (χ4v) is 3.59. The summed E-state index contributed by atoms with van der Waals surface area (Å²) in [5, 5.41) is 3.13. The highest BCUT2D eigenvalue weighted by Crippen LogP contribution is 2.28. The standard InChI is InChI=1S/C15H24N2O2S/c1-12(2)16-10-11-20(18,19)17-15-9-5-7-13-6-3-4-8-14(13)15/h5,7,9,12,16-17H,3-4,6,8,10-11H2,1-2H3. The van der Waals surface area contributed by atoms with Crippen molar-refractivity contribution < 1.29 is 8.42 Å². The molecule has 2 rings (SSSR count). The second-order valence-corrected chi connectivity index (χ2v) is 7.52. The minimum atomic E-state index is -3.28. The summed E-state index contributed by atoms with van der Waals surface area (Å²) >= 11 is 0. The summed E-state index contributed by atoms with van der Waals surface area (Å²) in [6, 6.07) is 6.22. The second kappa shape index (κ2) is 6.59. The monoisotopic (exact) mass is 296 g/mol. The van der Waals surface area contributed by atoms with Crippen LogP contribution in [0.5, 0.6) is 0 Å². The Morgan fingerprint density at radius 2 is 1.95 bits per heavy atom. The third kappa shape index (κ3) is 4.21. The van der Waals surface area contributed by atoms with E-state index in [4.69, 9.17) is 0 Å². The molecule has 0 fully saturated rings. The molecule has 1 aromatic carbocycles. The van der Waals surface area contributed by atoms with E-state index in [2.05, 4.69) is 16.1 Å². The van der Waals surface area contributed by atoms with Crippen molar-refractivity contribution in [2.24, 2.45) is 0 Å². The van der Waals surface area contributed by atoms with E-state index < -0.39 is 10.0 Å². The van der Waals surface area contributed by atoms with Crippen LogP contribution in [0.2, 0.25) is 0 Å². The van der Waals surface area contributed by atoms with Gasteiger partial charge >= 0.3 is 0 Å². The lowest BCUT2D eigenvalue weighted by molar-refractivity contribution is 0.581. The van der Waals surface area contributed by atoms with Crippen LogP contribution >= 0.6 is 0 Å². The van der Waals surface area contributed by atoms with Gasteiger partial charge in [0.25, 0.3) is 0 Å². The van der Waals surface area contributed by atoms with Crippen LogP contribution in [0.25, 0.3) is 0 Å². The smallest absolute Gasteiger partial charge is 0.233 e. The molecule has 1 aromatic rings. The molecule has 0 aromatic heterocycles. The lowest BCUT2D eigenvalue weighted by Crippen LogP contribution is -2.31. The number of rotatable bonds is 6. The highest BCUT2D eigenvalue weighted by atomic mass is 32.2. The molecule has 0 amide bonds. The van der Waals surface area contributed by atoms with Crippen LogP contribution in [0.4, 0.5) is 5.69 Å². The van der Waals surface area contributed by atoms with E-state index in [1.807, 2.05) is 26.0 Å². The Morgan fingerprint density at radius 1 is 1.20 bits per heavy atom. The number of hydrogen-bond donors (Lipinski definition) is 2. The van der Waals surface area contributed by atoms with E-state index in [9.17, 15) is 8.42 Å². The molecule has 0 bridgehead atoms. The molecule has 0 saturated heterocycles. The predicted molar refractivity (Wildman–Crippen MR) is 83.6 cm³/mol. The minimum Gasteiger partial charge on any atom is -0.313 e. The first-order chi connectivity index (χ1) is 9.48. The molecule has 20 heavy (non-hydrogen) atoms. The van der Waals surface area contributed by atoms with Gasteiger partial charge in [0.2, 0.25) is 10.0 Å². The molecule has 0 aliphatic heterocycles. The van der Waals surface area contributed by atoms with Crippen LogP contribution in [-0.4, -0.2) is 26.8 Å². The zero-order valence-electron chi connectivity index (χ0n) is 12.3. The van der Waals surface area contributed by atoms with Gasteiger partial charge in [-0.15, -0.1) is 0 Å². The van der Waals surface area contributed by atoms with Crippen LogP contribution < -0.4 is 10.0 Å². The molecule has 4 nitrogen and oxygen atoms in total. The van der Waals surface area contributed by atoms with Crippen molar-refractivity contribution in [1.82, 2.24) is 5.32 Å². The van der Waals surface area contributed by atoms with Gasteiger partial charge in [0, 0.05) is 12.6 Å². The maximum Gasteiger partial charge on any atom is 0.233 e. The van der Waals surface area contributed by atoms with E-state index >= 15 is 0 Å². The van der Waals surface area contributed by atoms with Crippen molar-refractivity contribution in [2.45, 2.75) is 45.6 Å². The van der Waals surface area contributed by atoms with Gasteiger partial charge in [-0.3, -0.25) is 4.72 Å². The molecule has 1 aliphatic carbocycles. The molecule has 5 heteroatoms. The average molecular weight is 296 g/mol. The summed E-state index contributed by atoms with van der Waals surface area (Å²) in [5.74, 6) is 0.106. The Labute approximate surface area is 122 Å².